The molecule has 0 radical (unpaired) electrons. The lowest BCUT2D eigenvalue weighted by molar-refractivity contribution is -0.141. The summed E-state index contributed by atoms with van der Waals surface area (Å²) in [5.74, 6) is -0.600. The second kappa shape index (κ2) is 5.14. The molecule has 21 heavy (non-hydrogen) atoms. The van der Waals surface area contributed by atoms with E-state index in [1.54, 1.807) is 0 Å². The maximum absolute atomic E-state index is 12.7. The molecule has 1 aromatic heterocycles. The van der Waals surface area contributed by atoms with E-state index in [0.29, 0.717) is 6.04 Å². The average molecular weight is 320 g/mol. The highest BCUT2D eigenvalue weighted by atomic mass is 35.5. The van der Waals surface area contributed by atoms with E-state index in [0.717, 1.165) is 25.3 Å². The topological polar surface area (TPSA) is 54.0 Å². The summed E-state index contributed by atoms with van der Waals surface area (Å²) in [6, 6.07) is 2.79. The average Bonchev–Trinajstić information content (AvgIpc) is 3.00. The zero-order chi connectivity index (χ0) is 15.2. The molecule has 1 aromatic rings. The molecule has 0 aliphatic carbocycles. The molecule has 3 heterocycles. The van der Waals surface area contributed by atoms with Gasteiger partial charge in [-0.3, -0.25) is 4.79 Å². The maximum Gasteiger partial charge on any atom is 0.434 e. The fourth-order valence-corrected chi connectivity index (χ4v) is 3.21. The minimum atomic E-state index is -4.68. The first-order valence-corrected chi connectivity index (χ1v) is 7.03. The van der Waals surface area contributed by atoms with Gasteiger partial charge in [0, 0.05) is 18.1 Å². The largest absolute Gasteiger partial charge is 0.434 e. The van der Waals surface area contributed by atoms with Crippen molar-refractivity contribution in [2.75, 3.05) is 0 Å². The lowest BCUT2D eigenvalue weighted by atomic mass is 9.95. The minimum Gasteiger partial charge on any atom is -0.346 e. The molecule has 0 spiro atoms. The van der Waals surface area contributed by atoms with Crippen LogP contribution < -0.4 is 10.6 Å². The number of carbonyl (C=O) groups is 1. The molecule has 2 saturated heterocycles. The number of pyridine rings is 1. The number of fused-ring (bicyclic) bond motifs is 2. The van der Waals surface area contributed by atoms with Crippen molar-refractivity contribution in [2.45, 2.75) is 43.6 Å². The number of nitrogens with one attached hydrogen (secondary N) is 2. The highest BCUT2D eigenvalue weighted by Crippen LogP contribution is 2.33. The molecule has 2 aliphatic rings. The molecule has 2 aliphatic heterocycles. The summed E-state index contributed by atoms with van der Waals surface area (Å²) in [4.78, 5) is 15.4. The Labute approximate surface area is 124 Å². The number of nitrogens with zero attached hydrogens (tertiary/aromatic N) is 1. The molecule has 114 valence electrons. The Hall–Kier alpha value is -1.34. The Morgan fingerprint density at radius 2 is 2.14 bits per heavy atom. The Balaban J connectivity index is 1.76. The monoisotopic (exact) mass is 319 g/mol. The van der Waals surface area contributed by atoms with Crippen molar-refractivity contribution in [1.29, 1.82) is 0 Å². The first kappa shape index (κ1) is 14.6. The molecule has 0 aromatic carbocycles. The van der Waals surface area contributed by atoms with Gasteiger partial charge in [0.25, 0.3) is 5.91 Å². The second-order valence-corrected chi connectivity index (χ2v) is 5.79. The van der Waals surface area contributed by atoms with Gasteiger partial charge in [0.05, 0.1) is 5.02 Å². The Bertz CT molecular complexity index is 578. The van der Waals surface area contributed by atoms with Gasteiger partial charge in [0.1, 0.15) is 5.69 Å². The van der Waals surface area contributed by atoms with Crippen molar-refractivity contribution >= 4 is 17.5 Å². The number of hydrogen-bond acceptors (Lipinski definition) is 3. The van der Waals surface area contributed by atoms with Gasteiger partial charge in [0.2, 0.25) is 0 Å². The SMILES string of the molecule is O=C(NC1CC2CCC1N2)c1ccc(Cl)c(C(F)(F)F)n1. The Morgan fingerprint density at radius 1 is 1.38 bits per heavy atom. The van der Waals surface area contributed by atoms with Crippen molar-refractivity contribution < 1.29 is 18.0 Å². The molecule has 0 saturated carbocycles. The standard InChI is InChI=1S/C13H13ClF3N3O/c14-7-2-4-9(19-11(7)13(15,16)17)12(21)20-10-5-6-1-3-8(10)18-6/h2,4,6,8,10,18H,1,3,5H2,(H,20,21). The van der Waals surface area contributed by atoms with Crippen molar-refractivity contribution in [3.8, 4) is 0 Å². The van der Waals surface area contributed by atoms with E-state index in [1.165, 1.54) is 6.07 Å². The van der Waals surface area contributed by atoms with Gasteiger partial charge in [-0.05, 0) is 31.4 Å². The van der Waals surface area contributed by atoms with E-state index in [1.807, 2.05) is 0 Å². The molecule has 2 bridgehead atoms. The van der Waals surface area contributed by atoms with Crippen LogP contribution in [0.4, 0.5) is 13.2 Å². The first-order chi connectivity index (χ1) is 9.84. The van der Waals surface area contributed by atoms with Crippen molar-refractivity contribution in [3.63, 3.8) is 0 Å². The van der Waals surface area contributed by atoms with Gasteiger partial charge in [-0.15, -0.1) is 0 Å². The zero-order valence-corrected chi connectivity index (χ0v) is 11.6. The molecule has 2 fully saturated rings. The van der Waals surface area contributed by atoms with Crippen LogP contribution in [0.3, 0.4) is 0 Å². The van der Waals surface area contributed by atoms with Crippen LogP contribution in [0.25, 0.3) is 0 Å². The molecule has 1 amide bonds. The quantitative estimate of drug-likeness (QED) is 0.880. The van der Waals surface area contributed by atoms with Crippen molar-refractivity contribution in [1.82, 2.24) is 15.6 Å². The van der Waals surface area contributed by atoms with Crippen LogP contribution in [-0.4, -0.2) is 29.0 Å². The van der Waals surface area contributed by atoms with Crippen LogP contribution >= 0.6 is 11.6 Å². The van der Waals surface area contributed by atoms with E-state index < -0.39 is 22.8 Å². The Morgan fingerprint density at radius 3 is 2.71 bits per heavy atom. The van der Waals surface area contributed by atoms with Gasteiger partial charge < -0.3 is 10.6 Å². The highest BCUT2D eigenvalue weighted by molar-refractivity contribution is 6.31. The molecule has 8 heteroatoms. The van der Waals surface area contributed by atoms with E-state index in [4.69, 9.17) is 11.6 Å². The van der Waals surface area contributed by atoms with Crippen LogP contribution in [-0.2, 0) is 6.18 Å². The summed E-state index contributed by atoms with van der Waals surface area (Å²) >= 11 is 5.48. The predicted octanol–water partition coefficient (Wildman–Crippen LogP) is 2.38. The summed E-state index contributed by atoms with van der Waals surface area (Å²) in [5, 5.41) is 5.58. The van der Waals surface area contributed by atoms with Crippen LogP contribution in [0.2, 0.25) is 5.02 Å². The van der Waals surface area contributed by atoms with Gasteiger partial charge in [-0.25, -0.2) is 4.98 Å². The molecule has 3 unspecified atom stereocenters. The number of carbonyl (C=O) groups excluding carboxylic acids is 1. The van der Waals surface area contributed by atoms with Gasteiger partial charge >= 0.3 is 6.18 Å². The maximum atomic E-state index is 12.7. The number of rotatable bonds is 2. The van der Waals surface area contributed by atoms with Crippen LogP contribution in [0.15, 0.2) is 12.1 Å². The molecule has 3 rings (SSSR count). The predicted molar refractivity (Wildman–Crippen MR) is 70.1 cm³/mol. The molecular formula is C13H13ClF3N3O. The first-order valence-electron chi connectivity index (χ1n) is 6.65. The minimum absolute atomic E-state index is 0.0527. The zero-order valence-electron chi connectivity index (χ0n) is 10.9. The third kappa shape index (κ3) is 2.85. The number of halogens is 4. The third-order valence-electron chi connectivity index (χ3n) is 3.96. The van der Waals surface area contributed by atoms with Crippen LogP contribution in [0, 0.1) is 0 Å². The number of alkyl halides is 3. The van der Waals surface area contributed by atoms with E-state index in [9.17, 15) is 18.0 Å². The van der Waals surface area contributed by atoms with Gasteiger partial charge in [-0.1, -0.05) is 11.6 Å². The lowest BCUT2D eigenvalue weighted by Gasteiger charge is -2.21. The molecule has 3 atom stereocenters. The molecule has 2 N–H and O–H groups in total. The number of amides is 1. The number of hydrogen-bond donors (Lipinski definition) is 2. The van der Waals surface area contributed by atoms with Gasteiger partial charge in [0.15, 0.2) is 5.69 Å². The highest BCUT2D eigenvalue weighted by Gasteiger charge is 2.40. The fourth-order valence-electron chi connectivity index (χ4n) is 2.99. The molecular weight excluding hydrogens is 307 g/mol. The summed E-state index contributed by atoms with van der Waals surface area (Å²) < 4.78 is 38.2. The van der Waals surface area contributed by atoms with Crippen LogP contribution in [0.1, 0.15) is 35.4 Å². The third-order valence-corrected chi connectivity index (χ3v) is 4.27. The van der Waals surface area contributed by atoms with Crippen molar-refractivity contribution in [2.24, 2.45) is 0 Å². The second-order valence-electron chi connectivity index (χ2n) is 5.39. The molecule has 4 nitrogen and oxygen atoms in total. The summed E-state index contributed by atoms with van der Waals surface area (Å²) in [5.41, 5.74) is -1.50. The van der Waals surface area contributed by atoms with E-state index in [2.05, 4.69) is 15.6 Å². The fraction of sp³-hybridized carbons (Fsp3) is 0.538. The van der Waals surface area contributed by atoms with Gasteiger partial charge in [-0.2, -0.15) is 13.2 Å². The van der Waals surface area contributed by atoms with E-state index in [-0.39, 0.29) is 17.8 Å². The summed E-state index contributed by atoms with van der Waals surface area (Å²) in [6.07, 6.45) is -1.83. The lowest BCUT2D eigenvalue weighted by Crippen LogP contribution is -2.43. The number of aromatic nitrogens is 1. The van der Waals surface area contributed by atoms with E-state index >= 15 is 0 Å². The summed E-state index contributed by atoms with van der Waals surface area (Å²) in [6.45, 7) is 0. The normalized spacial score (nSPS) is 27.9. The summed E-state index contributed by atoms with van der Waals surface area (Å²) in [7, 11) is 0. The Kier molecular flexibility index (Phi) is 3.57. The van der Waals surface area contributed by atoms with Crippen LogP contribution in [0.5, 0.6) is 0 Å². The smallest absolute Gasteiger partial charge is 0.346 e. The van der Waals surface area contributed by atoms with Crippen molar-refractivity contribution in [3.05, 3.63) is 28.5 Å².